The molecule has 1 aliphatic carbocycles. The van der Waals surface area contributed by atoms with Crippen LogP contribution in [0.3, 0.4) is 0 Å². The molecule has 17 heavy (non-hydrogen) atoms. The minimum Gasteiger partial charge on any atom is -0.340 e. The Morgan fingerprint density at radius 3 is 2.59 bits per heavy atom. The number of amides is 1. The van der Waals surface area contributed by atoms with Crippen molar-refractivity contribution in [1.82, 2.24) is 4.90 Å². The summed E-state index contributed by atoms with van der Waals surface area (Å²) < 4.78 is 0. The van der Waals surface area contributed by atoms with Crippen molar-refractivity contribution in [1.29, 1.82) is 0 Å². The molecule has 0 aromatic rings. The van der Waals surface area contributed by atoms with Gasteiger partial charge in [0.25, 0.3) is 0 Å². The van der Waals surface area contributed by atoms with E-state index < -0.39 is 0 Å². The number of piperidine rings is 1. The molecule has 1 amide bonds. The van der Waals surface area contributed by atoms with E-state index in [1.165, 1.54) is 19.3 Å². The first-order valence-electron chi connectivity index (χ1n) is 7.08. The van der Waals surface area contributed by atoms with E-state index in [0.29, 0.717) is 18.4 Å². The topological polar surface area (TPSA) is 46.3 Å². The number of nitrogens with two attached hydrogens (primary N) is 1. The fraction of sp³-hybridized carbons (Fsp3) is 0.929. The third-order valence-corrected chi connectivity index (χ3v) is 4.54. The van der Waals surface area contributed by atoms with E-state index in [2.05, 4.69) is 18.7 Å². The summed E-state index contributed by atoms with van der Waals surface area (Å²) in [6.07, 6.45) is 7.38. The van der Waals surface area contributed by atoms with Gasteiger partial charge >= 0.3 is 0 Å². The lowest BCUT2D eigenvalue weighted by Gasteiger charge is -2.38. The van der Waals surface area contributed by atoms with Crippen molar-refractivity contribution in [2.75, 3.05) is 6.54 Å². The van der Waals surface area contributed by atoms with Crippen LogP contribution in [0.4, 0.5) is 0 Å². The smallest absolute Gasteiger partial charge is 0.224 e. The molecule has 0 radical (unpaired) electrons. The van der Waals surface area contributed by atoms with Gasteiger partial charge in [-0.05, 0) is 38.5 Å². The minimum atomic E-state index is -0.197. The zero-order valence-corrected chi connectivity index (χ0v) is 11.2. The predicted molar refractivity (Wildman–Crippen MR) is 69.6 cm³/mol. The van der Waals surface area contributed by atoms with Crippen molar-refractivity contribution in [3.05, 3.63) is 0 Å². The highest BCUT2D eigenvalue weighted by atomic mass is 16.2. The van der Waals surface area contributed by atoms with E-state index in [9.17, 15) is 4.79 Å². The van der Waals surface area contributed by atoms with Crippen LogP contribution in [-0.4, -0.2) is 28.9 Å². The monoisotopic (exact) mass is 238 g/mol. The van der Waals surface area contributed by atoms with E-state index in [4.69, 9.17) is 5.73 Å². The first kappa shape index (κ1) is 12.9. The second kappa shape index (κ2) is 4.97. The Labute approximate surface area is 105 Å². The average molecular weight is 238 g/mol. The molecule has 1 saturated carbocycles. The predicted octanol–water partition coefficient (Wildman–Crippen LogP) is 2.29. The fourth-order valence-corrected chi connectivity index (χ4v) is 3.29. The van der Waals surface area contributed by atoms with Crippen molar-refractivity contribution in [3.8, 4) is 0 Å². The molecule has 2 aliphatic rings. The SMILES string of the molecule is CC1CCC(C)N(C(=O)CC2(N)CCCC2)C1. The lowest BCUT2D eigenvalue weighted by Crippen LogP contribution is -2.49. The summed E-state index contributed by atoms with van der Waals surface area (Å²) in [6, 6.07) is 0.406. The van der Waals surface area contributed by atoms with Gasteiger partial charge in [-0.2, -0.15) is 0 Å². The lowest BCUT2D eigenvalue weighted by molar-refractivity contribution is -0.136. The van der Waals surface area contributed by atoms with E-state index >= 15 is 0 Å². The van der Waals surface area contributed by atoms with Crippen LogP contribution < -0.4 is 5.73 Å². The molecule has 0 aromatic heterocycles. The Balaban J connectivity index is 1.94. The van der Waals surface area contributed by atoms with Crippen LogP contribution in [0.1, 0.15) is 58.8 Å². The molecule has 1 heterocycles. The Morgan fingerprint density at radius 2 is 1.94 bits per heavy atom. The van der Waals surface area contributed by atoms with Gasteiger partial charge in [-0.1, -0.05) is 19.8 Å². The average Bonchev–Trinajstić information content (AvgIpc) is 2.68. The van der Waals surface area contributed by atoms with Crippen LogP contribution in [0, 0.1) is 5.92 Å². The van der Waals surface area contributed by atoms with Gasteiger partial charge in [0.1, 0.15) is 0 Å². The molecule has 2 N–H and O–H groups in total. The molecule has 2 rings (SSSR count). The second-order valence-electron chi connectivity index (χ2n) is 6.32. The van der Waals surface area contributed by atoms with E-state index in [0.717, 1.165) is 25.8 Å². The zero-order chi connectivity index (χ0) is 12.5. The maximum Gasteiger partial charge on any atom is 0.224 e. The molecule has 2 fully saturated rings. The molecule has 3 nitrogen and oxygen atoms in total. The van der Waals surface area contributed by atoms with Crippen LogP contribution in [0.15, 0.2) is 0 Å². The molecular formula is C14H26N2O. The van der Waals surface area contributed by atoms with Crippen molar-refractivity contribution >= 4 is 5.91 Å². The molecular weight excluding hydrogens is 212 g/mol. The van der Waals surface area contributed by atoms with E-state index in [1.807, 2.05) is 0 Å². The molecule has 3 heteroatoms. The number of hydrogen-bond acceptors (Lipinski definition) is 2. The maximum atomic E-state index is 12.4. The van der Waals surface area contributed by atoms with Crippen molar-refractivity contribution in [2.45, 2.75) is 70.4 Å². The normalized spacial score (nSPS) is 32.8. The van der Waals surface area contributed by atoms with Gasteiger partial charge in [-0.15, -0.1) is 0 Å². The summed E-state index contributed by atoms with van der Waals surface area (Å²) in [7, 11) is 0. The number of carbonyl (C=O) groups is 1. The van der Waals surface area contributed by atoms with Crippen LogP contribution in [0.2, 0.25) is 0 Å². The first-order chi connectivity index (χ1) is 8.00. The largest absolute Gasteiger partial charge is 0.340 e. The molecule has 0 spiro atoms. The quantitative estimate of drug-likeness (QED) is 0.802. The summed E-state index contributed by atoms with van der Waals surface area (Å²) in [6.45, 7) is 5.33. The van der Waals surface area contributed by atoms with Crippen LogP contribution in [0.25, 0.3) is 0 Å². The van der Waals surface area contributed by atoms with Gasteiger partial charge in [0.2, 0.25) is 5.91 Å². The fourth-order valence-electron chi connectivity index (χ4n) is 3.29. The summed E-state index contributed by atoms with van der Waals surface area (Å²) in [5.41, 5.74) is 6.10. The van der Waals surface area contributed by atoms with E-state index in [-0.39, 0.29) is 11.4 Å². The highest BCUT2D eigenvalue weighted by molar-refractivity contribution is 5.78. The third kappa shape index (κ3) is 3.01. The highest BCUT2D eigenvalue weighted by Gasteiger charge is 2.35. The molecule has 0 bridgehead atoms. The maximum absolute atomic E-state index is 12.4. The standard InChI is InChI=1S/C14H26N2O/c1-11-5-6-12(2)16(10-11)13(17)9-14(15)7-3-4-8-14/h11-12H,3-10,15H2,1-2H3. The Bertz CT molecular complexity index is 284. The van der Waals surface area contributed by atoms with Gasteiger partial charge < -0.3 is 10.6 Å². The van der Waals surface area contributed by atoms with Crippen molar-refractivity contribution in [3.63, 3.8) is 0 Å². The molecule has 1 aliphatic heterocycles. The van der Waals surface area contributed by atoms with Gasteiger partial charge in [0.05, 0.1) is 0 Å². The zero-order valence-electron chi connectivity index (χ0n) is 11.2. The van der Waals surface area contributed by atoms with Crippen LogP contribution in [0.5, 0.6) is 0 Å². The summed E-state index contributed by atoms with van der Waals surface area (Å²) in [5.74, 6) is 0.931. The van der Waals surface area contributed by atoms with Crippen LogP contribution >= 0.6 is 0 Å². The summed E-state index contributed by atoms with van der Waals surface area (Å²) in [4.78, 5) is 14.4. The first-order valence-corrected chi connectivity index (χ1v) is 7.08. The number of likely N-dealkylation sites (tertiary alicyclic amines) is 1. The summed E-state index contributed by atoms with van der Waals surface area (Å²) in [5, 5.41) is 0. The molecule has 2 unspecified atom stereocenters. The third-order valence-electron chi connectivity index (χ3n) is 4.54. The second-order valence-corrected chi connectivity index (χ2v) is 6.32. The number of hydrogen-bond donors (Lipinski definition) is 1. The lowest BCUT2D eigenvalue weighted by atomic mass is 9.90. The molecule has 0 aromatic carbocycles. The van der Waals surface area contributed by atoms with Crippen LogP contribution in [-0.2, 0) is 4.79 Å². The van der Waals surface area contributed by atoms with Gasteiger partial charge in [-0.3, -0.25) is 4.79 Å². The Kier molecular flexibility index (Phi) is 3.76. The number of nitrogens with zero attached hydrogens (tertiary/aromatic N) is 1. The minimum absolute atomic E-state index is 0.197. The number of carbonyl (C=O) groups excluding carboxylic acids is 1. The molecule has 2 atom stereocenters. The van der Waals surface area contributed by atoms with Crippen molar-refractivity contribution in [2.24, 2.45) is 11.7 Å². The molecule has 98 valence electrons. The Hall–Kier alpha value is -0.570. The molecule has 1 saturated heterocycles. The Morgan fingerprint density at radius 1 is 1.29 bits per heavy atom. The van der Waals surface area contributed by atoms with Gasteiger partial charge in [0, 0.05) is 24.5 Å². The summed E-state index contributed by atoms with van der Waals surface area (Å²) >= 11 is 0. The van der Waals surface area contributed by atoms with Gasteiger partial charge in [0.15, 0.2) is 0 Å². The number of rotatable bonds is 2. The van der Waals surface area contributed by atoms with Crippen molar-refractivity contribution < 1.29 is 4.79 Å². The van der Waals surface area contributed by atoms with Gasteiger partial charge in [-0.25, -0.2) is 0 Å². The van der Waals surface area contributed by atoms with E-state index in [1.54, 1.807) is 0 Å². The highest BCUT2D eigenvalue weighted by Crippen LogP contribution is 2.32.